The molecule has 1 fully saturated rings. The molecule has 1 saturated carbocycles. The summed E-state index contributed by atoms with van der Waals surface area (Å²) in [5, 5.41) is 0. The van der Waals surface area contributed by atoms with Crippen molar-refractivity contribution >= 4 is 27.3 Å². The number of hydrogen-bond donors (Lipinski definition) is 1. The Kier molecular flexibility index (Phi) is 3.86. The molecular weight excluding hydrogens is 270 g/mol. The quantitative estimate of drug-likeness (QED) is 0.861. The molecule has 0 aromatic carbocycles. The lowest BCUT2D eigenvalue weighted by molar-refractivity contribution is 0.249. The Bertz CT molecular complexity index is 323. The van der Waals surface area contributed by atoms with Gasteiger partial charge in [-0.2, -0.15) is 0 Å². The molecule has 0 saturated heterocycles. The number of hydrogen-bond acceptors (Lipinski definition) is 2. The van der Waals surface area contributed by atoms with Crippen molar-refractivity contribution in [2.45, 2.75) is 38.6 Å². The predicted molar refractivity (Wildman–Crippen MR) is 70.1 cm³/mol. The molecule has 1 nitrogen and oxygen atoms in total. The molecule has 2 rings (SSSR count). The van der Waals surface area contributed by atoms with Crippen molar-refractivity contribution in [3.05, 3.63) is 20.8 Å². The highest BCUT2D eigenvalue weighted by atomic mass is 79.9. The topological polar surface area (TPSA) is 26.0 Å². The summed E-state index contributed by atoms with van der Waals surface area (Å²) in [7, 11) is 0. The van der Waals surface area contributed by atoms with Crippen LogP contribution in [0.5, 0.6) is 0 Å². The van der Waals surface area contributed by atoms with Crippen molar-refractivity contribution in [2.24, 2.45) is 17.6 Å². The summed E-state index contributed by atoms with van der Waals surface area (Å²) in [6, 6.07) is 4.52. The van der Waals surface area contributed by atoms with E-state index in [1.54, 1.807) is 11.3 Å². The third-order valence-electron chi connectivity index (χ3n) is 3.41. The normalized spacial score (nSPS) is 29.0. The van der Waals surface area contributed by atoms with Gasteiger partial charge in [0.1, 0.15) is 0 Å². The van der Waals surface area contributed by atoms with Crippen LogP contribution in [0.3, 0.4) is 0 Å². The summed E-state index contributed by atoms with van der Waals surface area (Å²) >= 11 is 5.28. The smallest absolute Gasteiger partial charge is 0.0701 e. The van der Waals surface area contributed by atoms with E-state index in [1.165, 1.54) is 34.3 Å². The van der Waals surface area contributed by atoms with Crippen LogP contribution < -0.4 is 5.73 Å². The largest absolute Gasteiger partial charge is 0.323 e. The molecule has 84 valence electrons. The highest BCUT2D eigenvalue weighted by Crippen LogP contribution is 2.38. The number of nitrogens with two attached hydrogens (primary N) is 1. The molecule has 1 heterocycles. The van der Waals surface area contributed by atoms with Gasteiger partial charge in [0.25, 0.3) is 0 Å². The van der Waals surface area contributed by atoms with E-state index in [9.17, 15) is 0 Å². The zero-order valence-corrected chi connectivity index (χ0v) is 11.5. The summed E-state index contributed by atoms with van der Waals surface area (Å²) in [6.45, 7) is 2.35. The van der Waals surface area contributed by atoms with Crippen molar-refractivity contribution in [3.63, 3.8) is 0 Å². The minimum atomic E-state index is 0.254. The third-order valence-corrected chi connectivity index (χ3v) is 5.13. The second-order valence-electron chi connectivity index (χ2n) is 4.70. The van der Waals surface area contributed by atoms with E-state index in [0.717, 1.165) is 5.92 Å². The lowest BCUT2D eigenvalue weighted by atomic mass is 9.78. The summed E-state index contributed by atoms with van der Waals surface area (Å²) in [6.07, 6.45) is 5.35. The second kappa shape index (κ2) is 4.98. The molecule has 1 aliphatic carbocycles. The van der Waals surface area contributed by atoms with Gasteiger partial charge in [-0.15, -0.1) is 11.3 Å². The monoisotopic (exact) mass is 287 g/mol. The lowest BCUT2D eigenvalue weighted by Crippen LogP contribution is -2.25. The molecule has 0 radical (unpaired) electrons. The van der Waals surface area contributed by atoms with Gasteiger partial charge in [-0.3, -0.25) is 0 Å². The van der Waals surface area contributed by atoms with E-state index < -0.39 is 0 Å². The molecule has 3 unspecified atom stereocenters. The van der Waals surface area contributed by atoms with E-state index in [2.05, 4.69) is 35.0 Å². The summed E-state index contributed by atoms with van der Waals surface area (Å²) in [4.78, 5) is 1.33. The predicted octanol–water partition coefficient (Wildman–Crippen LogP) is 4.34. The molecule has 1 aliphatic rings. The summed E-state index contributed by atoms with van der Waals surface area (Å²) in [5.74, 6) is 1.55. The van der Waals surface area contributed by atoms with Gasteiger partial charge >= 0.3 is 0 Å². The Hall–Kier alpha value is 0.140. The lowest BCUT2D eigenvalue weighted by Gasteiger charge is -2.30. The number of thiophene rings is 1. The second-order valence-corrected chi connectivity index (χ2v) is 7.19. The van der Waals surface area contributed by atoms with E-state index in [-0.39, 0.29) is 6.04 Å². The Morgan fingerprint density at radius 2 is 2.27 bits per heavy atom. The molecular formula is C12H18BrNS. The van der Waals surface area contributed by atoms with Crippen LogP contribution in [0.15, 0.2) is 15.9 Å². The van der Waals surface area contributed by atoms with Gasteiger partial charge in [0.05, 0.1) is 3.79 Å². The fourth-order valence-electron chi connectivity index (χ4n) is 2.55. The van der Waals surface area contributed by atoms with Crippen LogP contribution in [0.25, 0.3) is 0 Å². The maximum atomic E-state index is 6.33. The molecule has 1 aromatic rings. The molecule has 1 aromatic heterocycles. The van der Waals surface area contributed by atoms with Crippen molar-refractivity contribution in [2.75, 3.05) is 0 Å². The zero-order chi connectivity index (χ0) is 10.8. The van der Waals surface area contributed by atoms with Crippen LogP contribution in [0.2, 0.25) is 0 Å². The minimum absolute atomic E-state index is 0.254. The van der Waals surface area contributed by atoms with Crippen molar-refractivity contribution in [1.29, 1.82) is 0 Å². The number of halogens is 1. The Morgan fingerprint density at radius 1 is 1.47 bits per heavy atom. The first-order valence-corrected chi connectivity index (χ1v) is 7.28. The van der Waals surface area contributed by atoms with Crippen LogP contribution in [0.1, 0.15) is 43.5 Å². The van der Waals surface area contributed by atoms with Gasteiger partial charge in [0.2, 0.25) is 0 Å². The molecule has 0 amide bonds. The van der Waals surface area contributed by atoms with Gasteiger partial charge in [-0.05, 0) is 52.7 Å². The molecule has 2 N–H and O–H groups in total. The first-order valence-electron chi connectivity index (χ1n) is 5.67. The van der Waals surface area contributed by atoms with Gasteiger partial charge in [-0.25, -0.2) is 0 Å². The molecule has 0 bridgehead atoms. The molecule has 3 atom stereocenters. The fraction of sp³-hybridized carbons (Fsp3) is 0.667. The zero-order valence-electron chi connectivity index (χ0n) is 9.08. The van der Waals surface area contributed by atoms with Crippen LogP contribution in [-0.4, -0.2) is 0 Å². The van der Waals surface area contributed by atoms with E-state index in [0.29, 0.717) is 5.92 Å². The van der Waals surface area contributed by atoms with Crippen LogP contribution in [-0.2, 0) is 0 Å². The third kappa shape index (κ3) is 2.83. The molecule has 0 aliphatic heterocycles. The Labute approximate surface area is 104 Å². The summed E-state index contributed by atoms with van der Waals surface area (Å²) < 4.78 is 1.19. The highest BCUT2D eigenvalue weighted by molar-refractivity contribution is 9.11. The van der Waals surface area contributed by atoms with Crippen molar-refractivity contribution < 1.29 is 0 Å². The highest BCUT2D eigenvalue weighted by Gasteiger charge is 2.25. The first kappa shape index (κ1) is 11.6. The van der Waals surface area contributed by atoms with Gasteiger partial charge in [-0.1, -0.05) is 19.8 Å². The first-order chi connectivity index (χ1) is 7.16. The minimum Gasteiger partial charge on any atom is -0.323 e. The van der Waals surface area contributed by atoms with Crippen LogP contribution in [0, 0.1) is 11.8 Å². The van der Waals surface area contributed by atoms with E-state index >= 15 is 0 Å². The maximum Gasteiger partial charge on any atom is 0.0701 e. The standard InChI is InChI=1S/C12H18BrNS/c1-8-3-2-4-9(7-8)12(14)10-5-6-11(13)15-10/h5-6,8-9,12H,2-4,7,14H2,1H3. The van der Waals surface area contributed by atoms with Gasteiger partial charge < -0.3 is 5.73 Å². The average molecular weight is 288 g/mol. The van der Waals surface area contributed by atoms with Gasteiger partial charge in [0, 0.05) is 10.9 Å². The van der Waals surface area contributed by atoms with E-state index in [4.69, 9.17) is 5.73 Å². The maximum absolute atomic E-state index is 6.33. The SMILES string of the molecule is CC1CCCC(C(N)c2ccc(Br)s2)C1. The molecule has 0 spiro atoms. The number of rotatable bonds is 2. The summed E-state index contributed by atoms with van der Waals surface area (Å²) in [5.41, 5.74) is 6.33. The Morgan fingerprint density at radius 3 is 2.87 bits per heavy atom. The van der Waals surface area contributed by atoms with Crippen molar-refractivity contribution in [1.82, 2.24) is 0 Å². The van der Waals surface area contributed by atoms with Crippen LogP contribution >= 0.6 is 27.3 Å². The molecule has 15 heavy (non-hydrogen) atoms. The molecule has 3 heteroatoms. The average Bonchev–Trinajstić information content (AvgIpc) is 2.64. The van der Waals surface area contributed by atoms with Gasteiger partial charge in [0.15, 0.2) is 0 Å². The van der Waals surface area contributed by atoms with Crippen LogP contribution in [0.4, 0.5) is 0 Å². The van der Waals surface area contributed by atoms with E-state index in [1.807, 2.05) is 0 Å². The fourth-order valence-corrected chi connectivity index (χ4v) is 4.07. The Balaban J connectivity index is 2.03. The van der Waals surface area contributed by atoms with Crippen molar-refractivity contribution in [3.8, 4) is 0 Å².